The van der Waals surface area contributed by atoms with Gasteiger partial charge in [-0.25, -0.2) is 4.98 Å². The Balaban J connectivity index is 0.576. The van der Waals surface area contributed by atoms with Crippen LogP contribution < -0.4 is 16.0 Å². The number of para-hydroxylation sites is 1. The third-order valence-corrected chi connectivity index (χ3v) is 19.1. The summed E-state index contributed by atoms with van der Waals surface area (Å²) in [7, 11) is 0. The lowest BCUT2D eigenvalue weighted by atomic mass is 9.80. The normalized spacial score (nSPS) is 23.1. The highest BCUT2D eigenvalue weighted by Crippen LogP contribution is 2.39. The quantitative estimate of drug-likeness (QED) is 0.0633. The van der Waals surface area contributed by atoms with Gasteiger partial charge in [0, 0.05) is 81.2 Å². The van der Waals surface area contributed by atoms with Gasteiger partial charge in [0.1, 0.15) is 17.7 Å². The molecule has 11 rings (SSSR count). The van der Waals surface area contributed by atoms with E-state index >= 15 is 0 Å². The first-order valence-corrected chi connectivity index (χ1v) is 30.2. The molecule has 4 aromatic heterocycles. The van der Waals surface area contributed by atoms with E-state index in [2.05, 4.69) is 58.2 Å². The lowest BCUT2D eigenvalue weighted by Gasteiger charge is -2.43. The number of likely N-dealkylation sites (tertiary alicyclic amines) is 3. The summed E-state index contributed by atoms with van der Waals surface area (Å²) >= 11 is 1.60. The molecule has 0 spiro atoms. The maximum absolute atomic E-state index is 14.4. The van der Waals surface area contributed by atoms with Crippen molar-refractivity contribution in [2.75, 3.05) is 69.5 Å². The van der Waals surface area contributed by atoms with E-state index < -0.39 is 18.1 Å². The molecule has 2 aromatic carbocycles. The Morgan fingerprint density at radius 1 is 0.838 bits per heavy atom. The molecule has 19 heteroatoms. The van der Waals surface area contributed by atoms with Crippen molar-refractivity contribution in [3.8, 4) is 38.6 Å². The van der Waals surface area contributed by atoms with Crippen LogP contribution in [0.5, 0.6) is 5.75 Å². The molecule has 2 amide bonds. The van der Waals surface area contributed by atoms with E-state index in [4.69, 9.17) is 20.1 Å². The van der Waals surface area contributed by atoms with E-state index in [1.165, 1.54) is 12.8 Å². The average Bonchev–Trinajstić information content (AvgIpc) is 4.30. The van der Waals surface area contributed by atoms with Crippen LogP contribution in [0, 0.1) is 30.6 Å². The molecular weight excluding hydrogens is 1030 g/mol. The van der Waals surface area contributed by atoms with E-state index in [0.717, 1.165) is 130 Å². The number of aromatic hydroxyl groups is 1. The lowest BCUT2D eigenvalue weighted by Crippen LogP contribution is -2.48. The number of phenols is 1. The van der Waals surface area contributed by atoms with Crippen LogP contribution in [0.3, 0.4) is 0 Å². The molecule has 5 atom stereocenters. The molecule has 1 aliphatic carbocycles. The van der Waals surface area contributed by atoms with E-state index in [-0.39, 0.29) is 48.5 Å². The Bertz CT molecular complexity index is 3040. The van der Waals surface area contributed by atoms with Crippen molar-refractivity contribution >= 4 is 34.8 Å². The van der Waals surface area contributed by atoms with Gasteiger partial charge in [-0.05, 0) is 138 Å². The molecule has 80 heavy (non-hydrogen) atoms. The van der Waals surface area contributed by atoms with Gasteiger partial charge in [0.15, 0.2) is 17.4 Å². The van der Waals surface area contributed by atoms with Crippen LogP contribution in [0.15, 0.2) is 83.1 Å². The molecule has 1 unspecified atom stereocenters. The second-order valence-corrected chi connectivity index (χ2v) is 24.8. The predicted octanol–water partition coefficient (Wildman–Crippen LogP) is 8.74. The maximum atomic E-state index is 14.4. The van der Waals surface area contributed by atoms with Crippen molar-refractivity contribution in [2.45, 2.75) is 135 Å². The number of piperidine rings is 3. The molecule has 5 fully saturated rings. The number of anilines is 2. The Labute approximate surface area is 474 Å². The van der Waals surface area contributed by atoms with Crippen molar-refractivity contribution in [3.05, 3.63) is 95.6 Å². The van der Waals surface area contributed by atoms with Crippen LogP contribution in [0.25, 0.3) is 32.8 Å². The summed E-state index contributed by atoms with van der Waals surface area (Å²) in [5, 5.41) is 42.0. The van der Waals surface area contributed by atoms with Gasteiger partial charge < -0.3 is 50.1 Å². The summed E-state index contributed by atoms with van der Waals surface area (Å²) in [6.07, 6.45) is 13.0. The number of amides is 2. The number of β-amino-alcohol motifs (C(OH)–C–C–N with tert-alkyl or cyclic N) is 1. The van der Waals surface area contributed by atoms with Gasteiger partial charge in [-0.15, -0.1) is 21.5 Å². The highest BCUT2D eigenvalue weighted by molar-refractivity contribution is 7.13. The number of phenolic OH excluding ortho intramolecular Hbond substituents is 1. The summed E-state index contributed by atoms with van der Waals surface area (Å²) < 4.78 is 14.7. The number of aliphatic hydroxyl groups excluding tert-OH is 1. The predicted molar refractivity (Wildman–Crippen MR) is 310 cm³/mol. The number of aliphatic hydroxyl groups is 1. The fraction of sp³-hybridized carbons (Fsp3) is 0.557. The molecule has 0 bridgehead atoms. The zero-order chi connectivity index (χ0) is 55.6. The first-order valence-electron chi connectivity index (χ1n) is 29.3. The monoisotopic (exact) mass is 1110 g/mol. The number of ether oxygens (including phenoxy) is 1. The summed E-state index contributed by atoms with van der Waals surface area (Å²) in [6, 6.07) is 18.2. The largest absolute Gasteiger partial charge is 0.507 e. The molecular formula is C61H80N12O6S. The van der Waals surface area contributed by atoms with Gasteiger partial charge in [-0.3, -0.25) is 14.3 Å². The number of nitrogens with two attached hydrogens (primary N) is 1. The number of benzene rings is 2. The Morgan fingerprint density at radius 2 is 1.55 bits per heavy atom. The standard InChI is InChI=1S/C61H80N12O6S/c1-37(2)57(61(77)72-35-47(74)28-53(72)60(76)65-38(3)43-10-12-45(13-11-43)58-39(4)63-36-80-58)55-30-56(68-79-55)71-24-14-41(15-25-71)32-70-22-18-48(19-23-70)78-49-26-42(27-49)33-69-20-16-44(17-21-69)40(5)73-34-46(31-64-73)51-29-52(66-67-59(51)62)50-8-6-7-9-54(50)75/h6-13,29-31,34,36-38,40-42,44,47-49,53,57,74-75H,14-28,32-33,35H2,1-5H3,(H2,62,67)(H,65,76)/t38-,40?,42-,47+,49+,53-,57+/m0/s1. The van der Waals surface area contributed by atoms with Crippen LogP contribution in [0.2, 0.25) is 0 Å². The van der Waals surface area contributed by atoms with E-state index in [9.17, 15) is 19.8 Å². The van der Waals surface area contributed by atoms with Crippen molar-refractivity contribution in [1.29, 1.82) is 0 Å². The van der Waals surface area contributed by atoms with Crippen LogP contribution in [-0.2, 0) is 14.3 Å². The smallest absolute Gasteiger partial charge is 0.243 e. The number of rotatable bonds is 18. The number of nitrogens with zero attached hydrogens (tertiary/aromatic N) is 10. The molecule has 426 valence electrons. The Hall–Kier alpha value is -6.25. The number of aromatic nitrogens is 6. The molecule has 18 nitrogen and oxygen atoms in total. The minimum absolute atomic E-state index is 0.0915. The van der Waals surface area contributed by atoms with Crippen LogP contribution in [0.4, 0.5) is 11.6 Å². The second-order valence-electron chi connectivity index (χ2n) is 24.0. The van der Waals surface area contributed by atoms with E-state index in [0.29, 0.717) is 52.8 Å². The minimum atomic E-state index is -0.796. The zero-order valence-corrected chi connectivity index (χ0v) is 47.9. The van der Waals surface area contributed by atoms with Crippen LogP contribution >= 0.6 is 11.3 Å². The summed E-state index contributed by atoms with van der Waals surface area (Å²) in [6.45, 7) is 18.7. The second kappa shape index (κ2) is 24.5. The number of hydrogen-bond acceptors (Lipinski definition) is 16. The number of hydrogen-bond donors (Lipinski definition) is 4. The van der Waals surface area contributed by atoms with Crippen molar-refractivity contribution in [2.24, 2.45) is 23.7 Å². The SMILES string of the molecule is Cc1ncsc1-c1ccc([C@H](C)NC(=O)[C@@H]2C[C@@H](O)CN2C(=O)[C@@H](c2cc(N3CCC(CN4CCC(O[C@H]5C[C@@H](CN6CCC(C(C)n7cc(-c8cc(-c9ccccc9O)nnc8N)cn7)CC6)C5)CC4)CC3)no2)C(C)C)cc1. The van der Waals surface area contributed by atoms with Crippen molar-refractivity contribution in [1.82, 2.24) is 50.1 Å². The molecule has 6 aromatic rings. The van der Waals surface area contributed by atoms with E-state index in [1.807, 2.05) is 87.9 Å². The van der Waals surface area contributed by atoms with Gasteiger partial charge >= 0.3 is 0 Å². The maximum Gasteiger partial charge on any atom is 0.243 e. The fourth-order valence-corrected chi connectivity index (χ4v) is 14.0. The highest BCUT2D eigenvalue weighted by atomic mass is 32.1. The molecule has 0 radical (unpaired) electrons. The number of aryl methyl sites for hydroxylation is 1. The van der Waals surface area contributed by atoms with Gasteiger partial charge in [0.2, 0.25) is 11.8 Å². The summed E-state index contributed by atoms with van der Waals surface area (Å²) in [4.78, 5) is 42.8. The minimum Gasteiger partial charge on any atom is -0.507 e. The van der Waals surface area contributed by atoms with Gasteiger partial charge in [0.05, 0.1) is 58.4 Å². The third kappa shape index (κ3) is 12.5. The Morgan fingerprint density at radius 3 is 2.25 bits per heavy atom. The summed E-state index contributed by atoms with van der Waals surface area (Å²) in [5.41, 5.74) is 14.0. The third-order valence-electron chi connectivity index (χ3n) is 18.1. The fourth-order valence-electron chi connectivity index (χ4n) is 13.2. The first-order chi connectivity index (χ1) is 38.7. The average molecular weight is 1110 g/mol. The number of nitrogens with one attached hydrogen (secondary N) is 1. The molecule has 5 N–H and O–H groups in total. The molecule has 5 aliphatic rings. The van der Waals surface area contributed by atoms with Crippen LogP contribution in [0.1, 0.15) is 121 Å². The summed E-state index contributed by atoms with van der Waals surface area (Å²) in [5.74, 6) is 2.32. The topological polar surface area (TPSA) is 217 Å². The number of thiazole rings is 1. The highest BCUT2D eigenvalue weighted by Gasteiger charge is 2.44. The number of carbonyl (C=O) groups excluding carboxylic acids is 2. The zero-order valence-electron chi connectivity index (χ0n) is 47.1. The first kappa shape index (κ1) is 55.6. The van der Waals surface area contributed by atoms with Crippen molar-refractivity contribution in [3.63, 3.8) is 0 Å². The number of nitrogen functional groups attached to an aromatic ring is 1. The van der Waals surface area contributed by atoms with E-state index in [1.54, 1.807) is 28.4 Å². The number of carbonyl (C=O) groups is 2. The lowest BCUT2D eigenvalue weighted by molar-refractivity contribution is -0.141. The molecule has 4 saturated heterocycles. The van der Waals surface area contributed by atoms with Gasteiger partial charge in [0.25, 0.3) is 0 Å². The Kier molecular flexibility index (Phi) is 17.0. The van der Waals surface area contributed by atoms with Crippen LogP contribution in [-0.4, -0.2) is 150 Å². The van der Waals surface area contributed by atoms with Crippen molar-refractivity contribution < 1.29 is 29.1 Å². The molecule has 8 heterocycles. The van der Waals surface area contributed by atoms with Gasteiger partial charge in [-0.2, -0.15) is 5.10 Å². The van der Waals surface area contributed by atoms with Gasteiger partial charge in [-0.1, -0.05) is 55.4 Å². The molecule has 4 aliphatic heterocycles. The molecule has 1 saturated carbocycles.